The first-order valence-corrected chi connectivity index (χ1v) is 11.8. The van der Waals surface area contributed by atoms with Gasteiger partial charge in [-0.15, -0.1) is 5.10 Å². The molecule has 196 valence electrons. The number of carbonyl (C=O) groups is 2. The molecule has 0 fully saturated rings. The molecule has 4 aromatic rings. The molecule has 0 aliphatic heterocycles. The number of aromatic nitrogens is 3. The predicted molar refractivity (Wildman–Crippen MR) is 138 cm³/mol. The number of benzene rings is 2. The van der Waals surface area contributed by atoms with E-state index in [4.69, 9.17) is 23.4 Å². The average molecular weight is 518 g/mol. The van der Waals surface area contributed by atoms with Gasteiger partial charge in [0.25, 0.3) is 0 Å². The Morgan fingerprint density at radius 1 is 1.08 bits per heavy atom. The average Bonchev–Trinajstić information content (AvgIpc) is 3.53. The van der Waals surface area contributed by atoms with E-state index in [1.54, 1.807) is 44.0 Å². The van der Waals surface area contributed by atoms with Crippen LogP contribution in [0, 0.1) is 6.92 Å². The Kier molecular flexibility index (Phi) is 8.55. The molecule has 0 aliphatic rings. The largest absolute Gasteiger partial charge is 0.493 e. The normalized spacial score (nSPS) is 10.9. The molecule has 0 N–H and O–H groups in total. The van der Waals surface area contributed by atoms with Gasteiger partial charge in [-0.25, -0.2) is 14.5 Å². The van der Waals surface area contributed by atoms with Crippen LogP contribution in [-0.4, -0.2) is 40.7 Å². The lowest BCUT2D eigenvalue weighted by Gasteiger charge is -2.12. The van der Waals surface area contributed by atoms with E-state index in [9.17, 15) is 9.59 Å². The van der Waals surface area contributed by atoms with E-state index in [-0.39, 0.29) is 31.6 Å². The third kappa shape index (κ3) is 6.47. The summed E-state index contributed by atoms with van der Waals surface area (Å²) in [6.45, 7) is 4.08. The Bertz CT molecular complexity index is 1420. The zero-order valence-electron chi connectivity index (χ0n) is 21.2. The molecule has 0 saturated carbocycles. The summed E-state index contributed by atoms with van der Waals surface area (Å²) in [5.74, 6) is 1.61. The minimum atomic E-state index is -0.470. The molecule has 2 aromatic heterocycles. The molecule has 0 atom stereocenters. The molecule has 10 nitrogen and oxygen atoms in total. The number of aryl methyl sites for hydroxylation is 1. The van der Waals surface area contributed by atoms with Crippen molar-refractivity contribution in [1.82, 2.24) is 14.8 Å². The first-order chi connectivity index (χ1) is 18.5. The van der Waals surface area contributed by atoms with Crippen LogP contribution in [0.5, 0.6) is 17.4 Å². The van der Waals surface area contributed by atoms with Gasteiger partial charge in [-0.2, -0.15) is 0 Å². The number of ether oxygens (including phenoxy) is 4. The molecule has 38 heavy (non-hydrogen) atoms. The number of para-hydroxylation sites is 1. The fraction of sp³-hybridized carbons (Fsp3) is 0.214. The fourth-order valence-corrected chi connectivity index (χ4v) is 3.48. The van der Waals surface area contributed by atoms with Crippen LogP contribution in [-0.2, 0) is 22.7 Å². The first-order valence-electron chi connectivity index (χ1n) is 11.8. The SMILES string of the molecule is CCOC(=O)C=Cc1nc(COc2ccc(COc3nn(-c4ccccc4)cc3C=O)cc2OC)c(C)o1. The molecule has 10 heteroatoms. The van der Waals surface area contributed by atoms with Crippen molar-refractivity contribution in [3.63, 3.8) is 0 Å². The molecule has 0 spiro atoms. The van der Waals surface area contributed by atoms with Crippen molar-refractivity contribution in [1.29, 1.82) is 0 Å². The summed E-state index contributed by atoms with van der Waals surface area (Å²) in [6, 6.07) is 14.8. The number of hydrogen-bond donors (Lipinski definition) is 0. The summed E-state index contributed by atoms with van der Waals surface area (Å²) in [5, 5.41) is 4.39. The molecule has 2 heterocycles. The quantitative estimate of drug-likeness (QED) is 0.149. The minimum Gasteiger partial charge on any atom is -0.493 e. The highest BCUT2D eigenvalue weighted by atomic mass is 16.5. The summed E-state index contributed by atoms with van der Waals surface area (Å²) in [7, 11) is 1.54. The molecule has 2 aromatic carbocycles. The van der Waals surface area contributed by atoms with Crippen LogP contribution < -0.4 is 14.2 Å². The number of oxazole rings is 1. The third-order valence-electron chi connectivity index (χ3n) is 5.38. The van der Waals surface area contributed by atoms with Gasteiger partial charge in [0.2, 0.25) is 11.8 Å². The monoisotopic (exact) mass is 517 g/mol. The second kappa shape index (κ2) is 12.4. The maximum absolute atomic E-state index is 11.5. The lowest BCUT2D eigenvalue weighted by Crippen LogP contribution is -2.02. The number of esters is 1. The Balaban J connectivity index is 1.40. The van der Waals surface area contributed by atoms with Crippen LogP contribution in [0.2, 0.25) is 0 Å². The number of nitrogens with zero attached hydrogens (tertiary/aromatic N) is 3. The van der Waals surface area contributed by atoms with Gasteiger partial charge in [-0.05, 0) is 43.7 Å². The highest BCUT2D eigenvalue weighted by Gasteiger charge is 2.14. The van der Waals surface area contributed by atoms with Crippen LogP contribution in [0.15, 0.2) is 65.2 Å². The number of hydrogen-bond acceptors (Lipinski definition) is 9. The number of carbonyl (C=O) groups excluding carboxylic acids is 2. The Morgan fingerprint density at radius 2 is 1.89 bits per heavy atom. The molecular weight excluding hydrogens is 490 g/mol. The highest BCUT2D eigenvalue weighted by Crippen LogP contribution is 2.30. The zero-order chi connectivity index (χ0) is 26.9. The maximum Gasteiger partial charge on any atom is 0.330 e. The van der Waals surface area contributed by atoms with E-state index in [0.29, 0.717) is 34.8 Å². The Morgan fingerprint density at radius 3 is 2.63 bits per heavy atom. The van der Waals surface area contributed by atoms with Crippen molar-refractivity contribution >= 4 is 18.3 Å². The lowest BCUT2D eigenvalue weighted by atomic mass is 10.2. The minimum absolute atomic E-state index is 0.133. The highest BCUT2D eigenvalue weighted by molar-refractivity contribution is 5.86. The van der Waals surface area contributed by atoms with Crippen molar-refractivity contribution in [2.24, 2.45) is 0 Å². The summed E-state index contributed by atoms with van der Waals surface area (Å²) in [5.41, 5.74) is 2.54. The number of aldehydes is 1. The van der Waals surface area contributed by atoms with Crippen LogP contribution in [0.1, 0.15) is 40.2 Å². The Hall–Kier alpha value is -4.86. The zero-order valence-corrected chi connectivity index (χ0v) is 21.2. The summed E-state index contributed by atoms with van der Waals surface area (Å²) >= 11 is 0. The van der Waals surface area contributed by atoms with Gasteiger partial charge in [-0.1, -0.05) is 24.3 Å². The Labute approximate surface area is 219 Å². The van der Waals surface area contributed by atoms with Gasteiger partial charge in [0.1, 0.15) is 24.7 Å². The van der Waals surface area contributed by atoms with E-state index in [2.05, 4.69) is 10.1 Å². The van der Waals surface area contributed by atoms with Gasteiger partial charge in [0, 0.05) is 18.3 Å². The fourth-order valence-electron chi connectivity index (χ4n) is 3.48. The predicted octanol–water partition coefficient (Wildman–Crippen LogP) is 4.72. The second-order valence-corrected chi connectivity index (χ2v) is 7.99. The van der Waals surface area contributed by atoms with Crippen molar-refractivity contribution < 1.29 is 33.0 Å². The summed E-state index contributed by atoms with van der Waals surface area (Å²) in [4.78, 5) is 27.4. The van der Waals surface area contributed by atoms with Gasteiger partial charge in [0.15, 0.2) is 17.8 Å². The van der Waals surface area contributed by atoms with Crippen LogP contribution >= 0.6 is 0 Å². The summed E-state index contributed by atoms with van der Waals surface area (Å²) in [6.07, 6.45) is 5.04. The molecule has 0 radical (unpaired) electrons. The maximum atomic E-state index is 11.5. The van der Waals surface area contributed by atoms with E-state index in [1.165, 1.54) is 12.2 Å². The molecule has 0 amide bonds. The summed E-state index contributed by atoms with van der Waals surface area (Å²) < 4.78 is 29.3. The number of rotatable bonds is 12. The standard InChI is InChI=1S/C28H27N3O7/c1-4-35-27(33)13-12-26-29-23(19(2)38-26)18-36-24-11-10-20(14-25(24)34-3)17-37-28-21(16-32)15-31(30-28)22-8-6-5-7-9-22/h5-16H,4,17-18H2,1-3H3. The lowest BCUT2D eigenvalue weighted by molar-refractivity contribution is -0.137. The van der Waals surface area contributed by atoms with Crippen LogP contribution in [0.25, 0.3) is 11.8 Å². The first kappa shape index (κ1) is 26.2. The van der Waals surface area contributed by atoms with E-state index >= 15 is 0 Å². The van der Waals surface area contributed by atoms with Crippen LogP contribution in [0.4, 0.5) is 0 Å². The smallest absolute Gasteiger partial charge is 0.330 e. The van der Waals surface area contributed by atoms with Gasteiger partial charge in [0.05, 0.1) is 25.0 Å². The molecular formula is C28H27N3O7. The van der Waals surface area contributed by atoms with E-state index in [0.717, 1.165) is 11.3 Å². The van der Waals surface area contributed by atoms with Gasteiger partial charge in [-0.3, -0.25) is 4.79 Å². The van der Waals surface area contributed by atoms with Crippen molar-refractivity contribution in [2.75, 3.05) is 13.7 Å². The van der Waals surface area contributed by atoms with Crippen molar-refractivity contribution in [3.05, 3.63) is 89.3 Å². The molecule has 4 rings (SSSR count). The second-order valence-electron chi connectivity index (χ2n) is 7.99. The van der Waals surface area contributed by atoms with E-state index in [1.807, 2.05) is 36.4 Å². The van der Waals surface area contributed by atoms with E-state index < -0.39 is 5.97 Å². The van der Waals surface area contributed by atoms with Crippen molar-refractivity contribution in [3.8, 4) is 23.1 Å². The molecule has 0 aliphatic carbocycles. The number of methoxy groups -OCH3 is 1. The third-order valence-corrected chi connectivity index (χ3v) is 5.38. The molecule has 0 bridgehead atoms. The molecule has 0 unspecified atom stereocenters. The van der Waals surface area contributed by atoms with Crippen LogP contribution in [0.3, 0.4) is 0 Å². The van der Waals surface area contributed by atoms with Gasteiger partial charge >= 0.3 is 5.97 Å². The molecule has 0 saturated heterocycles. The van der Waals surface area contributed by atoms with Crippen molar-refractivity contribution in [2.45, 2.75) is 27.1 Å². The van der Waals surface area contributed by atoms with Gasteiger partial charge < -0.3 is 23.4 Å². The topological polar surface area (TPSA) is 115 Å².